The van der Waals surface area contributed by atoms with Crippen LogP contribution >= 0.6 is 23.2 Å². The molecule has 2 saturated heterocycles. The summed E-state index contributed by atoms with van der Waals surface area (Å²) in [5, 5.41) is 1.14. The third-order valence-electron chi connectivity index (χ3n) is 7.03. The number of amides is 1. The van der Waals surface area contributed by atoms with E-state index in [1.807, 2.05) is 37.8 Å². The van der Waals surface area contributed by atoms with Crippen LogP contribution in [0.25, 0.3) is 0 Å². The lowest BCUT2D eigenvalue weighted by Gasteiger charge is -2.44. The van der Waals surface area contributed by atoms with Gasteiger partial charge in [0, 0.05) is 50.7 Å². The summed E-state index contributed by atoms with van der Waals surface area (Å²) in [4.78, 5) is 19.9. The topological polar surface area (TPSA) is 36.0 Å². The van der Waals surface area contributed by atoms with Gasteiger partial charge >= 0.3 is 6.09 Å². The van der Waals surface area contributed by atoms with Crippen LogP contribution in [0.15, 0.2) is 18.2 Å². The Labute approximate surface area is 210 Å². The summed E-state index contributed by atoms with van der Waals surface area (Å²) in [5.41, 5.74) is 0.539. The number of rotatable bonds is 6. The minimum absolute atomic E-state index is 0.136. The molecule has 0 aliphatic carbocycles. The summed E-state index contributed by atoms with van der Waals surface area (Å²) in [6.45, 7) is 17.3. The summed E-state index contributed by atoms with van der Waals surface area (Å²) in [7, 11) is 0. The highest BCUT2D eigenvalue weighted by molar-refractivity contribution is 6.42. The van der Waals surface area contributed by atoms with Crippen molar-refractivity contribution in [3.05, 3.63) is 33.8 Å². The maximum atomic E-state index is 12.9. The molecule has 0 aromatic heterocycles. The van der Waals surface area contributed by atoms with Crippen molar-refractivity contribution >= 4 is 29.3 Å². The van der Waals surface area contributed by atoms with Gasteiger partial charge in [0.1, 0.15) is 5.60 Å². The Hall–Kier alpha value is -1.01. The fourth-order valence-electron chi connectivity index (χ4n) is 5.17. The molecule has 0 bridgehead atoms. The summed E-state index contributed by atoms with van der Waals surface area (Å²) in [6, 6.07) is 6.60. The summed E-state index contributed by atoms with van der Waals surface area (Å²) in [5.74, 6) is 0. The van der Waals surface area contributed by atoms with E-state index in [0.717, 1.165) is 65.0 Å². The molecule has 1 amide bonds. The molecule has 7 heteroatoms. The number of carbonyl (C=O) groups is 1. The Morgan fingerprint density at radius 3 is 2.39 bits per heavy atom. The average molecular weight is 499 g/mol. The molecule has 33 heavy (non-hydrogen) atoms. The molecule has 2 heterocycles. The monoisotopic (exact) mass is 497 g/mol. The molecule has 1 aromatic carbocycles. The number of piperazine rings is 1. The van der Waals surface area contributed by atoms with Gasteiger partial charge in [0.2, 0.25) is 0 Å². The minimum atomic E-state index is -0.501. The normalized spacial score (nSPS) is 23.2. The number of carbonyl (C=O) groups excluding carboxylic acids is 1. The molecule has 0 saturated carbocycles. The lowest BCUT2D eigenvalue weighted by atomic mass is 9.71. The highest BCUT2D eigenvalue weighted by atomic mass is 35.5. The van der Waals surface area contributed by atoms with Gasteiger partial charge in [-0.05, 0) is 84.5 Å². The second kappa shape index (κ2) is 11.2. The fraction of sp³-hybridized carbons (Fsp3) is 0.731. The van der Waals surface area contributed by atoms with Crippen LogP contribution in [0.5, 0.6) is 0 Å². The molecule has 0 spiro atoms. The van der Waals surface area contributed by atoms with Crippen LogP contribution in [0, 0.1) is 0 Å². The third-order valence-corrected chi connectivity index (χ3v) is 7.77. The molecule has 5 nitrogen and oxygen atoms in total. The Bertz CT molecular complexity index is 803. The number of hydrogen-bond donors (Lipinski definition) is 0. The zero-order chi connectivity index (χ0) is 24.2. The van der Waals surface area contributed by atoms with Crippen molar-refractivity contribution in [2.24, 2.45) is 0 Å². The van der Waals surface area contributed by atoms with Gasteiger partial charge in [0.05, 0.1) is 10.0 Å². The number of hydrogen-bond acceptors (Lipinski definition) is 4. The van der Waals surface area contributed by atoms with Crippen molar-refractivity contribution in [1.29, 1.82) is 0 Å². The predicted octanol–water partition coefficient (Wildman–Crippen LogP) is 6.07. The van der Waals surface area contributed by atoms with Gasteiger partial charge in [-0.15, -0.1) is 0 Å². The van der Waals surface area contributed by atoms with E-state index in [1.165, 1.54) is 5.56 Å². The number of ether oxygens (including phenoxy) is 1. The van der Waals surface area contributed by atoms with E-state index in [2.05, 4.69) is 29.7 Å². The molecule has 186 valence electrons. The van der Waals surface area contributed by atoms with Crippen LogP contribution in [0.3, 0.4) is 0 Å². The molecule has 0 radical (unpaired) electrons. The summed E-state index contributed by atoms with van der Waals surface area (Å²) >= 11 is 12.7. The van der Waals surface area contributed by atoms with E-state index in [4.69, 9.17) is 27.9 Å². The molecule has 2 fully saturated rings. The Morgan fingerprint density at radius 2 is 1.79 bits per heavy atom. The SMILES string of the molecule is CC(C)N1CCN(CCCC2(c3ccc(Cl)c(Cl)c3)CCCN(C(=O)OC(C)(C)C)C2)CC1. The van der Waals surface area contributed by atoms with Crippen molar-refractivity contribution in [2.45, 2.75) is 77.4 Å². The van der Waals surface area contributed by atoms with Crippen molar-refractivity contribution in [1.82, 2.24) is 14.7 Å². The van der Waals surface area contributed by atoms with Crippen LogP contribution in [0.2, 0.25) is 10.0 Å². The smallest absolute Gasteiger partial charge is 0.410 e. The van der Waals surface area contributed by atoms with E-state index < -0.39 is 5.60 Å². The Balaban J connectivity index is 1.71. The van der Waals surface area contributed by atoms with Crippen molar-refractivity contribution < 1.29 is 9.53 Å². The maximum Gasteiger partial charge on any atom is 0.410 e. The lowest BCUT2D eigenvalue weighted by Crippen LogP contribution is -2.51. The van der Waals surface area contributed by atoms with E-state index >= 15 is 0 Å². The molecule has 0 N–H and O–H groups in total. The van der Waals surface area contributed by atoms with E-state index in [-0.39, 0.29) is 11.5 Å². The maximum absolute atomic E-state index is 12.9. The van der Waals surface area contributed by atoms with Gasteiger partial charge in [0.15, 0.2) is 0 Å². The van der Waals surface area contributed by atoms with Crippen molar-refractivity contribution in [3.63, 3.8) is 0 Å². The average Bonchev–Trinajstić information content (AvgIpc) is 2.75. The molecule has 3 rings (SSSR count). The van der Waals surface area contributed by atoms with Gasteiger partial charge in [-0.3, -0.25) is 4.90 Å². The molecule has 1 aromatic rings. The summed E-state index contributed by atoms with van der Waals surface area (Å²) in [6.07, 6.45) is 3.85. The van der Waals surface area contributed by atoms with Crippen LogP contribution in [0.4, 0.5) is 4.79 Å². The van der Waals surface area contributed by atoms with E-state index in [0.29, 0.717) is 22.6 Å². The highest BCUT2D eigenvalue weighted by Gasteiger charge is 2.40. The Morgan fingerprint density at radius 1 is 1.09 bits per heavy atom. The molecule has 1 atom stereocenters. The van der Waals surface area contributed by atoms with Crippen LogP contribution in [0.1, 0.15) is 65.9 Å². The first-order valence-electron chi connectivity index (χ1n) is 12.4. The van der Waals surface area contributed by atoms with Gasteiger partial charge in [-0.25, -0.2) is 4.79 Å². The van der Waals surface area contributed by atoms with Gasteiger partial charge < -0.3 is 14.5 Å². The Kier molecular flexibility index (Phi) is 8.99. The first kappa shape index (κ1) is 26.6. The second-order valence-electron chi connectivity index (χ2n) is 11.0. The lowest BCUT2D eigenvalue weighted by molar-refractivity contribution is 0.0121. The standard InChI is InChI=1S/C26H41Cl2N3O2/c1-20(2)30-16-14-29(15-17-30)12-6-10-26(21-8-9-22(27)23(28)18-21)11-7-13-31(19-26)24(32)33-25(3,4)5/h8-9,18,20H,6-7,10-17,19H2,1-5H3. The minimum Gasteiger partial charge on any atom is -0.444 e. The predicted molar refractivity (Wildman–Crippen MR) is 138 cm³/mol. The first-order chi connectivity index (χ1) is 15.5. The summed E-state index contributed by atoms with van der Waals surface area (Å²) < 4.78 is 5.71. The fourth-order valence-corrected chi connectivity index (χ4v) is 5.47. The number of halogens is 2. The molecular formula is C26H41Cl2N3O2. The molecule has 1 unspecified atom stereocenters. The van der Waals surface area contributed by atoms with Gasteiger partial charge in [-0.2, -0.15) is 0 Å². The largest absolute Gasteiger partial charge is 0.444 e. The number of benzene rings is 1. The van der Waals surface area contributed by atoms with Crippen LogP contribution in [-0.4, -0.2) is 78.2 Å². The number of likely N-dealkylation sites (tertiary alicyclic amines) is 1. The van der Waals surface area contributed by atoms with Crippen molar-refractivity contribution in [3.8, 4) is 0 Å². The van der Waals surface area contributed by atoms with E-state index in [9.17, 15) is 4.79 Å². The van der Waals surface area contributed by atoms with Gasteiger partial charge in [-0.1, -0.05) is 29.3 Å². The van der Waals surface area contributed by atoms with Crippen LogP contribution < -0.4 is 0 Å². The first-order valence-corrected chi connectivity index (χ1v) is 13.1. The van der Waals surface area contributed by atoms with Crippen LogP contribution in [-0.2, 0) is 10.2 Å². The molecule has 2 aliphatic rings. The van der Waals surface area contributed by atoms with E-state index in [1.54, 1.807) is 0 Å². The number of nitrogens with zero attached hydrogens (tertiary/aromatic N) is 3. The quantitative estimate of drug-likeness (QED) is 0.477. The molecular weight excluding hydrogens is 457 g/mol. The van der Waals surface area contributed by atoms with Gasteiger partial charge in [0.25, 0.3) is 0 Å². The second-order valence-corrected chi connectivity index (χ2v) is 11.8. The van der Waals surface area contributed by atoms with Crippen molar-refractivity contribution in [2.75, 3.05) is 45.8 Å². The third kappa shape index (κ3) is 7.24. The number of piperidine rings is 1. The zero-order valence-corrected chi connectivity index (χ0v) is 22.5. The zero-order valence-electron chi connectivity index (χ0n) is 21.0. The highest BCUT2D eigenvalue weighted by Crippen LogP contribution is 2.41. The molecule has 2 aliphatic heterocycles.